The maximum atomic E-state index is 11.5. The van der Waals surface area contributed by atoms with Crippen LogP contribution in [0.2, 0.25) is 0 Å². The van der Waals surface area contributed by atoms with Crippen molar-refractivity contribution in [3.8, 4) is 0 Å². The van der Waals surface area contributed by atoms with Gasteiger partial charge in [0.1, 0.15) is 16.8 Å². The van der Waals surface area contributed by atoms with Crippen molar-refractivity contribution in [3.63, 3.8) is 0 Å². The average Bonchev–Trinajstić information content (AvgIpc) is 2.51. The first kappa shape index (κ1) is 19.3. The number of nitrogens with one attached hydrogen (secondary N) is 2. The summed E-state index contributed by atoms with van der Waals surface area (Å²) in [4.78, 5) is 31.2. The topological polar surface area (TPSA) is 162 Å². The first-order valence-electron chi connectivity index (χ1n) is 7.28. The van der Waals surface area contributed by atoms with Gasteiger partial charge >= 0.3 is 0 Å². The van der Waals surface area contributed by atoms with Gasteiger partial charge in [0.15, 0.2) is 11.5 Å². The van der Waals surface area contributed by atoms with Crippen LogP contribution in [0.15, 0.2) is 18.0 Å². The third-order valence-corrected chi connectivity index (χ3v) is 3.27. The highest BCUT2D eigenvalue weighted by molar-refractivity contribution is 7.81. The Hall–Kier alpha value is -2.75. The van der Waals surface area contributed by atoms with Crippen molar-refractivity contribution in [2.75, 3.05) is 10.6 Å². The van der Waals surface area contributed by atoms with Gasteiger partial charge in [0, 0.05) is 5.70 Å². The standard InChI is InChI=1S/C14H21N7O2S/c1-3-7(15)5-10(24)21-14-11(13(17)23)18-6-9(20-14)19-8(4-2)12(16)22/h5-6,8H,3-4,15H2,1-2H3,(H2,16,22)(H2,17,23)(H2,19,20,21,24)/t8-/m1/s1. The molecule has 0 unspecified atom stereocenters. The lowest BCUT2D eigenvalue weighted by Gasteiger charge is -2.15. The second-order valence-electron chi connectivity index (χ2n) is 4.89. The fourth-order valence-electron chi connectivity index (χ4n) is 1.70. The number of allylic oxidation sites excluding steroid dienone is 1. The van der Waals surface area contributed by atoms with Gasteiger partial charge in [-0.3, -0.25) is 9.59 Å². The highest BCUT2D eigenvalue weighted by Crippen LogP contribution is 2.15. The molecule has 0 aliphatic carbocycles. The molecule has 0 spiro atoms. The number of nitrogens with two attached hydrogens (primary N) is 3. The molecule has 9 nitrogen and oxygen atoms in total. The minimum absolute atomic E-state index is 0.0666. The minimum Gasteiger partial charge on any atom is -0.402 e. The quantitative estimate of drug-likeness (QED) is 0.328. The molecule has 1 aromatic rings. The molecule has 24 heavy (non-hydrogen) atoms. The molecular weight excluding hydrogens is 330 g/mol. The fraction of sp³-hybridized carbons (Fsp3) is 0.357. The maximum Gasteiger partial charge on any atom is 0.271 e. The van der Waals surface area contributed by atoms with Crippen LogP contribution in [-0.4, -0.2) is 32.8 Å². The Morgan fingerprint density at radius 1 is 1.33 bits per heavy atom. The molecule has 2 amide bonds. The second-order valence-corrected chi connectivity index (χ2v) is 5.33. The van der Waals surface area contributed by atoms with Crippen LogP contribution in [0.3, 0.4) is 0 Å². The molecule has 0 bridgehead atoms. The third kappa shape index (κ3) is 5.47. The van der Waals surface area contributed by atoms with E-state index >= 15 is 0 Å². The summed E-state index contributed by atoms with van der Waals surface area (Å²) in [6.07, 6.45) is 3.91. The number of hydrogen-bond acceptors (Lipinski definition) is 7. The Morgan fingerprint density at radius 3 is 2.50 bits per heavy atom. The van der Waals surface area contributed by atoms with Gasteiger partial charge in [0.25, 0.3) is 5.91 Å². The first-order valence-corrected chi connectivity index (χ1v) is 7.69. The molecule has 1 heterocycles. The third-order valence-electron chi connectivity index (χ3n) is 3.05. The van der Waals surface area contributed by atoms with E-state index in [2.05, 4.69) is 20.6 Å². The number of amides is 2. The Kier molecular flexibility index (Phi) is 7.05. The average molecular weight is 351 g/mol. The van der Waals surface area contributed by atoms with Gasteiger partial charge in [-0.15, -0.1) is 0 Å². The smallest absolute Gasteiger partial charge is 0.271 e. The van der Waals surface area contributed by atoms with Gasteiger partial charge in [-0.05, 0) is 18.9 Å². The van der Waals surface area contributed by atoms with Crippen molar-refractivity contribution in [2.24, 2.45) is 17.2 Å². The van der Waals surface area contributed by atoms with E-state index in [1.807, 2.05) is 6.92 Å². The molecule has 0 aliphatic rings. The lowest BCUT2D eigenvalue weighted by Crippen LogP contribution is -2.35. The van der Waals surface area contributed by atoms with Crippen molar-refractivity contribution in [1.29, 1.82) is 0 Å². The molecule has 0 radical (unpaired) electrons. The molecular formula is C14H21N7O2S. The Bertz CT molecular complexity index is 675. The normalized spacial score (nSPS) is 12.3. The maximum absolute atomic E-state index is 11.5. The summed E-state index contributed by atoms with van der Waals surface area (Å²) in [5.41, 5.74) is 16.8. The number of thiocarbonyl (C=S) groups is 1. The molecule has 0 saturated heterocycles. The number of primary amides is 2. The van der Waals surface area contributed by atoms with Crippen LogP contribution in [-0.2, 0) is 4.79 Å². The van der Waals surface area contributed by atoms with E-state index in [9.17, 15) is 9.59 Å². The number of carbonyl (C=O) groups is 2. The molecule has 1 atom stereocenters. The van der Waals surface area contributed by atoms with Crippen LogP contribution in [0.5, 0.6) is 0 Å². The molecule has 1 aromatic heterocycles. The predicted molar refractivity (Wildman–Crippen MR) is 96.2 cm³/mol. The number of carbonyl (C=O) groups excluding carboxylic acids is 2. The van der Waals surface area contributed by atoms with E-state index in [0.29, 0.717) is 18.5 Å². The second kappa shape index (κ2) is 8.77. The summed E-state index contributed by atoms with van der Waals surface area (Å²) in [7, 11) is 0. The summed E-state index contributed by atoms with van der Waals surface area (Å²) in [5.74, 6) is -0.976. The molecule has 8 N–H and O–H groups in total. The van der Waals surface area contributed by atoms with Gasteiger partial charge in [-0.2, -0.15) is 0 Å². The van der Waals surface area contributed by atoms with Crippen LogP contribution < -0.4 is 27.8 Å². The lowest BCUT2D eigenvalue weighted by atomic mass is 10.2. The van der Waals surface area contributed by atoms with Crippen molar-refractivity contribution in [1.82, 2.24) is 9.97 Å². The molecule has 130 valence electrons. The van der Waals surface area contributed by atoms with E-state index in [-0.39, 0.29) is 22.3 Å². The van der Waals surface area contributed by atoms with Gasteiger partial charge in [0.2, 0.25) is 5.91 Å². The van der Waals surface area contributed by atoms with Crippen LogP contribution in [0.25, 0.3) is 0 Å². The SMILES string of the molecule is CCC(N)=CC(=S)Nc1nc(N[C@H](CC)C(N)=O)cnc1C(N)=O. The summed E-state index contributed by atoms with van der Waals surface area (Å²) in [6, 6.07) is -0.617. The lowest BCUT2D eigenvalue weighted by molar-refractivity contribution is -0.118. The zero-order valence-corrected chi connectivity index (χ0v) is 14.3. The summed E-state index contributed by atoms with van der Waals surface area (Å²) < 4.78 is 0. The Balaban J connectivity index is 3.11. The van der Waals surface area contributed by atoms with Crippen LogP contribution in [0.1, 0.15) is 37.2 Å². The van der Waals surface area contributed by atoms with Crippen LogP contribution >= 0.6 is 12.2 Å². The number of hydrogen-bond donors (Lipinski definition) is 5. The van der Waals surface area contributed by atoms with Crippen molar-refractivity contribution in [3.05, 3.63) is 23.7 Å². The molecule has 1 rings (SSSR count). The van der Waals surface area contributed by atoms with Crippen LogP contribution in [0.4, 0.5) is 11.6 Å². The van der Waals surface area contributed by atoms with Crippen molar-refractivity contribution in [2.45, 2.75) is 32.7 Å². The molecule has 10 heteroatoms. The Morgan fingerprint density at radius 2 is 2.00 bits per heavy atom. The molecule has 0 saturated carbocycles. The summed E-state index contributed by atoms with van der Waals surface area (Å²) >= 11 is 5.14. The monoisotopic (exact) mass is 351 g/mol. The van der Waals surface area contributed by atoms with E-state index in [4.69, 9.17) is 29.4 Å². The zero-order valence-electron chi connectivity index (χ0n) is 13.5. The van der Waals surface area contributed by atoms with Crippen LogP contribution in [0, 0.1) is 0 Å². The van der Waals surface area contributed by atoms with Gasteiger partial charge in [-0.1, -0.05) is 26.1 Å². The first-order chi connectivity index (χ1) is 11.3. The van der Waals surface area contributed by atoms with Gasteiger partial charge in [-0.25, -0.2) is 9.97 Å². The number of anilines is 2. The number of aromatic nitrogens is 2. The predicted octanol–water partition coefficient (Wildman–Crippen LogP) is 0.243. The highest BCUT2D eigenvalue weighted by Gasteiger charge is 2.17. The van der Waals surface area contributed by atoms with E-state index in [0.717, 1.165) is 0 Å². The van der Waals surface area contributed by atoms with Gasteiger partial charge < -0.3 is 27.8 Å². The minimum atomic E-state index is -0.770. The molecule has 0 aliphatic heterocycles. The fourth-order valence-corrected chi connectivity index (χ4v) is 1.95. The van der Waals surface area contributed by atoms with Crippen molar-refractivity contribution < 1.29 is 9.59 Å². The number of nitrogens with zero attached hydrogens (tertiary/aromatic N) is 2. The Labute approximate surface area is 145 Å². The number of rotatable bonds is 8. The molecule has 0 fully saturated rings. The van der Waals surface area contributed by atoms with E-state index < -0.39 is 17.9 Å². The zero-order chi connectivity index (χ0) is 18.3. The summed E-state index contributed by atoms with van der Waals surface area (Å²) in [6.45, 7) is 3.67. The van der Waals surface area contributed by atoms with Gasteiger partial charge in [0.05, 0.1) is 6.20 Å². The highest BCUT2D eigenvalue weighted by atomic mass is 32.1. The van der Waals surface area contributed by atoms with E-state index in [1.54, 1.807) is 13.0 Å². The molecule has 0 aromatic carbocycles. The van der Waals surface area contributed by atoms with Crippen molar-refractivity contribution >= 4 is 40.7 Å². The summed E-state index contributed by atoms with van der Waals surface area (Å²) in [5, 5.41) is 5.60. The largest absolute Gasteiger partial charge is 0.402 e. The van der Waals surface area contributed by atoms with E-state index in [1.165, 1.54) is 6.20 Å².